The number of urea groups is 1. The third-order valence-corrected chi connectivity index (χ3v) is 4.44. The van der Waals surface area contributed by atoms with Crippen LogP contribution in [0.4, 0.5) is 10.5 Å². The summed E-state index contributed by atoms with van der Waals surface area (Å²) in [7, 11) is 2.96. The van der Waals surface area contributed by atoms with E-state index in [4.69, 9.17) is 9.47 Å². The van der Waals surface area contributed by atoms with Gasteiger partial charge in [0.1, 0.15) is 5.57 Å². The van der Waals surface area contributed by atoms with Crippen molar-refractivity contribution in [3.63, 3.8) is 0 Å². The molecular formula is C21H20N2O5. The van der Waals surface area contributed by atoms with Gasteiger partial charge in [0.25, 0.3) is 11.8 Å². The Labute approximate surface area is 162 Å². The number of aryl methyl sites for hydroxylation is 1. The van der Waals surface area contributed by atoms with Gasteiger partial charge in [0.15, 0.2) is 11.5 Å². The number of rotatable bonds is 5. The molecule has 28 heavy (non-hydrogen) atoms. The summed E-state index contributed by atoms with van der Waals surface area (Å²) in [6.07, 6.45) is 2.22. The fraction of sp³-hybridized carbons (Fsp3) is 0.190. The summed E-state index contributed by atoms with van der Waals surface area (Å²) in [5.41, 5.74) is 1.76. The van der Waals surface area contributed by atoms with Gasteiger partial charge in [-0.05, 0) is 36.3 Å². The van der Waals surface area contributed by atoms with E-state index in [2.05, 4.69) is 5.32 Å². The molecule has 7 heteroatoms. The number of amides is 4. The van der Waals surface area contributed by atoms with Crippen molar-refractivity contribution in [1.29, 1.82) is 0 Å². The first-order chi connectivity index (χ1) is 13.5. The third kappa shape index (κ3) is 3.46. The van der Waals surface area contributed by atoms with Crippen LogP contribution in [0.3, 0.4) is 0 Å². The Kier molecular flexibility index (Phi) is 5.44. The van der Waals surface area contributed by atoms with Crippen LogP contribution in [0, 0.1) is 0 Å². The molecule has 2 aromatic carbocycles. The molecule has 1 fully saturated rings. The summed E-state index contributed by atoms with van der Waals surface area (Å²) < 4.78 is 10.6. The quantitative estimate of drug-likeness (QED) is 0.637. The van der Waals surface area contributed by atoms with Crippen molar-refractivity contribution < 1.29 is 23.9 Å². The summed E-state index contributed by atoms with van der Waals surface area (Å²) in [4.78, 5) is 38.5. The summed E-state index contributed by atoms with van der Waals surface area (Å²) in [5, 5.41) is 2.21. The van der Waals surface area contributed by atoms with Crippen LogP contribution in [0.15, 0.2) is 48.0 Å². The van der Waals surface area contributed by atoms with E-state index < -0.39 is 17.8 Å². The number of barbiturate groups is 1. The Morgan fingerprint density at radius 2 is 1.71 bits per heavy atom. The zero-order chi connectivity index (χ0) is 20.3. The Balaban J connectivity index is 2.04. The molecule has 0 saturated carbocycles. The van der Waals surface area contributed by atoms with Gasteiger partial charge in [-0.25, -0.2) is 9.69 Å². The normalized spacial score (nSPS) is 15.6. The Morgan fingerprint density at radius 1 is 1.00 bits per heavy atom. The summed E-state index contributed by atoms with van der Waals surface area (Å²) in [6, 6.07) is 11.3. The Bertz CT molecular complexity index is 963. The van der Waals surface area contributed by atoms with Gasteiger partial charge in [-0.1, -0.05) is 31.2 Å². The van der Waals surface area contributed by atoms with Gasteiger partial charge in [0, 0.05) is 5.56 Å². The second-order valence-electron chi connectivity index (χ2n) is 6.06. The number of hydrogen-bond donors (Lipinski definition) is 1. The smallest absolute Gasteiger partial charge is 0.335 e. The van der Waals surface area contributed by atoms with E-state index in [1.807, 2.05) is 19.1 Å². The summed E-state index contributed by atoms with van der Waals surface area (Å²) >= 11 is 0. The van der Waals surface area contributed by atoms with E-state index in [0.29, 0.717) is 22.7 Å². The molecule has 1 saturated heterocycles. The molecule has 1 aliphatic heterocycles. The molecule has 0 unspecified atom stereocenters. The van der Waals surface area contributed by atoms with Crippen LogP contribution >= 0.6 is 0 Å². The molecule has 2 aromatic rings. The predicted octanol–water partition coefficient (Wildman–Crippen LogP) is 2.93. The Hall–Kier alpha value is -3.61. The van der Waals surface area contributed by atoms with E-state index in [1.54, 1.807) is 30.3 Å². The van der Waals surface area contributed by atoms with E-state index in [-0.39, 0.29) is 5.57 Å². The SMILES string of the molecule is CCc1ccc(N2C(=O)NC(=O)/C(=C/c3cccc(OC)c3OC)C2=O)cc1. The minimum Gasteiger partial charge on any atom is -0.493 e. The number of carbonyl (C=O) groups is 3. The maximum absolute atomic E-state index is 13.0. The standard InChI is InChI=1S/C21H20N2O5/c1-4-13-8-10-15(11-9-13)23-20(25)16(19(24)22-21(23)26)12-14-6-5-7-17(27-2)18(14)28-3/h5-12H,4H2,1-3H3,(H,22,24,26)/b16-12-. The molecule has 1 aliphatic rings. The van der Waals surface area contributed by atoms with Crippen molar-refractivity contribution in [2.45, 2.75) is 13.3 Å². The second-order valence-corrected chi connectivity index (χ2v) is 6.06. The number of benzene rings is 2. The predicted molar refractivity (Wildman–Crippen MR) is 104 cm³/mol. The van der Waals surface area contributed by atoms with Gasteiger partial charge in [-0.2, -0.15) is 0 Å². The molecule has 144 valence electrons. The molecule has 0 aromatic heterocycles. The fourth-order valence-corrected chi connectivity index (χ4v) is 2.95. The van der Waals surface area contributed by atoms with Crippen LogP contribution in [0.2, 0.25) is 0 Å². The third-order valence-electron chi connectivity index (χ3n) is 4.44. The van der Waals surface area contributed by atoms with Gasteiger partial charge in [-0.3, -0.25) is 14.9 Å². The maximum Gasteiger partial charge on any atom is 0.335 e. The monoisotopic (exact) mass is 380 g/mol. The van der Waals surface area contributed by atoms with Crippen molar-refractivity contribution in [3.05, 3.63) is 59.2 Å². The number of para-hydroxylation sites is 1. The highest BCUT2D eigenvalue weighted by Crippen LogP contribution is 2.33. The number of anilines is 1. The molecule has 7 nitrogen and oxygen atoms in total. The molecule has 0 aliphatic carbocycles. The molecule has 3 rings (SSSR count). The van der Waals surface area contributed by atoms with Crippen LogP contribution in [0.25, 0.3) is 6.08 Å². The van der Waals surface area contributed by atoms with Gasteiger partial charge >= 0.3 is 6.03 Å². The van der Waals surface area contributed by atoms with E-state index in [0.717, 1.165) is 16.9 Å². The lowest BCUT2D eigenvalue weighted by Crippen LogP contribution is -2.54. The highest BCUT2D eigenvalue weighted by Gasteiger charge is 2.37. The van der Waals surface area contributed by atoms with Crippen molar-refractivity contribution in [3.8, 4) is 11.5 Å². The van der Waals surface area contributed by atoms with Gasteiger partial charge in [0.2, 0.25) is 0 Å². The lowest BCUT2D eigenvalue weighted by atomic mass is 10.1. The van der Waals surface area contributed by atoms with Crippen molar-refractivity contribution in [2.75, 3.05) is 19.1 Å². The number of ether oxygens (including phenoxy) is 2. The van der Waals surface area contributed by atoms with Crippen molar-refractivity contribution >= 4 is 29.6 Å². The molecule has 4 amide bonds. The number of imide groups is 2. The number of carbonyl (C=O) groups excluding carboxylic acids is 3. The number of hydrogen-bond acceptors (Lipinski definition) is 5. The first-order valence-electron chi connectivity index (χ1n) is 8.71. The van der Waals surface area contributed by atoms with Gasteiger partial charge in [-0.15, -0.1) is 0 Å². The average molecular weight is 380 g/mol. The molecule has 0 spiro atoms. The minimum absolute atomic E-state index is 0.175. The van der Waals surface area contributed by atoms with E-state index in [1.165, 1.54) is 20.3 Å². The molecule has 0 bridgehead atoms. The first kappa shape index (κ1) is 19.2. The molecule has 0 atom stereocenters. The van der Waals surface area contributed by atoms with E-state index >= 15 is 0 Å². The summed E-state index contributed by atoms with van der Waals surface area (Å²) in [6.45, 7) is 2.01. The topological polar surface area (TPSA) is 84.9 Å². The van der Waals surface area contributed by atoms with Crippen LogP contribution < -0.4 is 19.7 Å². The second kappa shape index (κ2) is 7.96. The zero-order valence-corrected chi connectivity index (χ0v) is 15.8. The lowest BCUT2D eigenvalue weighted by molar-refractivity contribution is -0.122. The van der Waals surface area contributed by atoms with Crippen molar-refractivity contribution in [2.24, 2.45) is 0 Å². The van der Waals surface area contributed by atoms with Crippen LogP contribution in [-0.4, -0.2) is 32.1 Å². The van der Waals surface area contributed by atoms with Crippen LogP contribution in [-0.2, 0) is 16.0 Å². The first-order valence-corrected chi connectivity index (χ1v) is 8.71. The highest BCUT2D eigenvalue weighted by molar-refractivity contribution is 6.39. The molecule has 1 N–H and O–H groups in total. The highest BCUT2D eigenvalue weighted by atomic mass is 16.5. The van der Waals surface area contributed by atoms with Crippen LogP contribution in [0.1, 0.15) is 18.1 Å². The number of methoxy groups -OCH3 is 2. The molecule has 0 radical (unpaired) electrons. The van der Waals surface area contributed by atoms with Gasteiger partial charge in [0.05, 0.1) is 19.9 Å². The van der Waals surface area contributed by atoms with Crippen molar-refractivity contribution in [1.82, 2.24) is 5.32 Å². The van der Waals surface area contributed by atoms with Crippen LogP contribution in [0.5, 0.6) is 11.5 Å². The Morgan fingerprint density at radius 3 is 2.32 bits per heavy atom. The maximum atomic E-state index is 13.0. The largest absolute Gasteiger partial charge is 0.493 e. The minimum atomic E-state index is -0.783. The fourth-order valence-electron chi connectivity index (χ4n) is 2.95. The average Bonchev–Trinajstić information content (AvgIpc) is 2.71. The zero-order valence-electron chi connectivity index (χ0n) is 15.8. The molecular weight excluding hydrogens is 360 g/mol. The lowest BCUT2D eigenvalue weighted by Gasteiger charge is -2.26. The van der Waals surface area contributed by atoms with E-state index in [9.17, 15) is 14.4 Å². The summed E-state index contributed by atoms with van der Waals surface area (Å²) in [5.74, 6) is -0.623. The van der Waals surface area contributed by atoms with Gasteiger partial charge < -0.3 is 9.47 Å². The molecule has 1 heterocycles. The number of nitrogens with zero attached hydrogens (tertiary/aromatic N) is 1. The number of nitrogens with one attached hydrogen (secondary N) is 1.